The number of ether oxygens (including phenoxy) is 2. The fourth-order valence-corrected chi connectivity index (χ4v) is 4.89. The van der Waals surface area contributed by atoms with E-state index in [4.69, 9.17) is 9.47 Å². The first kappa shape index (κ1) is 21.5. The van der Waals surface area contributed by atoms with Crippen LogP contribution in [-0.4, -0.2) is 59.2 Å². The summed E-state index contributed by atoms with van der Waals surface area (Å²) in [5.41, 5.74) is 1.65. The summed E-state index contributed by atoms with van der Waals surface area (Å²) < 4.78 is 36.4. The highest BCUT2D eigenvalue weighted by Crippen LogP contribution is 2.34. The SMILES string of the molecule is COc1ccc(SCC(=O)N2CCc3cc(S(=O)(=O)N(C)C)ccc32)cc1OC. The van der Waals surface area contributed by atoms with E-state index in [1.807, 2.05) is 18.2 Å². The van der Waals surface area contributed by atoms with E-state index in [9.17, 15) is 13.2 Å². The molecule has 0 unspecified atom stereocenters. The van der Waals surface area contributed by atoms with Gasteiger partial charge in [0.25, 0.3) is 0 Å². The number of carbonyl (C=O) groups is 1. The molecule has 0 fully saturated rings. The van der Waals surface area contributed by atoms with Crippen molar-refractivity contribution >= 4 is 33.4 Å². The Bertz CT molecular complexity index is 1020. The fourth-order valence-electron chi connectivity index (χ4n) is 3.14. The number of benzene rings is 2. The van der Waals surface area contributed by atoms with E-state index in [1.165, 1.54) is 30.2 Å². The van der Waals surface area contributed by atoms with E-state index in [1.54, 1.807) is 37.3 Å². The Morgan fingerprint density at radius 1 is 1.10 bits per heavy atom. The maximum Gasteiger partial charge on any atom is 0.242 e. The molecule has 0 bridgehead atoms. The van der Waals surface area contributed by atoms with Gasteiger partial charge in [-0.15, -0.1) is 11.8 Å². The Balaban J connectivity index is 1.72. The molecule has 1 heterocycles. The first-order valence-electron chi connectivity index (χ1n) is 8.98. The van der Waals surface area contributed by atoms with Crippen LogP contribution in [0.3, 0.4) is 0 Å². The quantitative estimate of drug-likeness (QED) is 0.621. The van der Waals surface area contributed by atoms with Crippen molar-refractivity contribution in [2.24, 2.45) is 0 Å². The Hall–Kier alpha value is -2.23. The molecule has 0 spiro atoms. The molecule has 0 radical (unpaired) electrons. The average Bonchev–Trinajstić information content (AvgIpc) is 3.14. The summed E-state index contributed by atoms with van der Waals surface area (Å²) in [5.74, 6) is 1.50. The third kappa shape index (κ3) is 4.36. The molecule has 1 aliphatic heterocycles. The number of methoxy groups -OCH3 is 2. The molecular formula is C20H24N2O5S2. The summed E-state index contributed by atoms with van der Waals surface area (Å²) >= 11 is 1.42. The number of fused-ring (bicyclic) bond motifs is 1. The van der Waals surface area contributed by atoms with E-state index in [2.05, 4.69) is 0 Å². The van der Waals surface area contributed by atoms with E-state index >= 15 is 0 Å². The maximum absolute atomic E-state index is 12.8. The van der Waals surface area contributed by atoms with Crippen molar-refractivity contribution in [1.29, 1.82) is 0 Å². The average molecular weight is 437 g/mol. The topological polar surface area (TPSA) is 76.2 Å². The van der Waals surface area contributed by atoms with Gasteiger partial charge < -0.3 is 14.4 Å². The number of nitrogens with zero attached hydrogens (tertiary/aromatic N) is 2. The van der Waals surface area contributed by atoms with Gasteiger partial charge in [-0.25, -0.2) is 12.7 Å². The van der Waals surface area contributed by atoms with Gasteiger partial charge in [0.15, 0.2) is 11.5 Å². The lowest BCUT2D eigenvalue weighted by atomic mass is 10.2. The Morgan fingerprint density at radius 2 is 1.83 bits per heavy atom. The third-order valence-corrected chi connectivity index (χ3v) is 7.53. The Kier molecular flexibility index (Phi) is 6.40. The van der Waals surface area contributed by atoms with E-state index in [0.717, 1.165) is 16.1 Å². The predicted octanol–water partition coefficient (Wildman–Crippen LogP) is 2.64. The molecule has 9 heteroatoms. The van der Waals surface area contributed by atoms with Gasteiger partial charge in [0.1, 0.15) is 0 Å². The molecule has 0 aliphatic carbocycles. The van der Waals surface area contributed by atoms with Crippen LogP contribution in [0.2, 0.25) is 0 Å². The summed E-state index contributed by atoms with van der Waals surface area (Å²) in [4.78, 5) is 15.6. The van der Waals surface area contributed by atoms with Gasteiger partial charge >= 0.3 is 0 Å². The number of amides is 1. The highest BCUT2D eigenvalue weighted by Gasteiger charge is 2.27. The standard InChI is InChI=1S/C20H24N2O5S2/c1-21(2)29(24,25)16-6-7-17-14(11-16)9-10-22(17)20(23)13-28-15-5-8-18(26-3)19(12-15)27-4/h5-8,11-12H,9-10,13H2,1-4H3. The van der Waals surface area contributed by atoms with Gasteiger partial charge in [-0.05, 0) is 48.4 Å². The largest absolute Gasteiger partial charge is 0.493 e. The molecule has 0 atom stereocenters. The molecule has 2 aromatic carbocycles. The third-order valence-electron chi connectivity index (χ3n) is 4.74. The number of hydrogen-bond acceptors (Lipinski definition) is 6. The second kappa shape index (κ2) is 8.64. The van der Waals surface area contributed by atoms with Crippen molar-refractivity contribution < 1.29 is 22.7 Å². The minimum atomic E-state index is -3.49. The van der Waals surface area contributed by atoms with Crippen molar-refractivity contribution in [2.45, 2.75) is 16.2 Å². The van der Waals surface area contributed by atoms with Crippen LogP contribution in [0.1, 0.15) is 5.56 Å². The molecule has 0 saturated carbocycles. The molecule has 29 heavy (non-hydrogen) atoms. The van der Waals surface area contributed by atoms with Crippen molar-refractivity contribution in [2.75, 3.05) is 45.5 Å². The summed E-state index contributed by atoms with van der Waals surface area (Å²) in [6.07, 6.45) is 0.638. The second-order valence-corrected chi connectivity index (χ2v) is 9.88. The van der Waals surface area contributed by atoms with Crippen molar-refractivity contribution in [3.05, 3.63) is 42.0 Å². The van der Waals surface area contributed by atoms with Gasteiger partial charge in [-0.2, -0.15) is 0 Å². The van der Waals surface area contributed by atoms with Crippen LogP contribution < -0.4 is 14.4 Å². The van der Waals surface area contributed by atoms with Crippen LogP contribution in [-0.2, 0) is 21.2 Å². The summed E-state index contributed by atoms with van der Waals surface area (Å²) in [6, 6.07) is 10.5. The molecule has 7 nitrogen and oxygen atoms in total. The zero-order valence-electron chi connectivity index (χ0n) is 16.8. The van der Waals surface area contributed by atoms with Gasteiger partial charge in [-0.1, -0.05) is 0 Å². The first-order valence-corrected chi connectivity index (χ1v) is 11.4. The van der Waals surface area contributed by atoms with Crippen LogP contribution in [0.25, 0.3) is 0 Å². The minimum absolute atomic E-state index is 0.0215. The molecule has 0 saturated heterocycles. The summed E-state index contributed by atoms with van der Waals surface area (Å²) in [7, 11) is 2.67. The van der Waals surface area contributed by atoms with Crippen LogP contribution in [0.4, 0.5) is 5.69 Å². The molecule has 2 aromatic rings. The van der Waals surface area contributed by atoms with Crippen molar-refractivity contribution in [1.82, 2.24) is 4.31 Å². The first-order chi connectivity index (χ1) is 13.8. The number of rotatable bonds is 7. The number of thioether (sulfide) groups is 1. The molecule has 0 aromatic heterocycles. The molecular weight excluding hydrogens is 412 g/mol. The Labute approximate surface area is 175 Å². The summed E-state index contributed by atoms with van der Waals surface area (Å²) in [6.45, 7) is 0.548. The predicted molar refractivity (Wildman–Crippen MR) is 114 cm³/mol. The maximum atomic E-state index is 12.8. The second-order valence-electron chi connectivity index (χ2n) is 6.68. The lowest BCUT2D eigenvalue weighted by Gasteiger charge is -2.18. The lowest BCUT2D eigenvalue weighted by Crippen LogP contribution is -2.30. The molecule has 1 aliphatic rings. The minimum Gasteiger partial charge on any atom is -0.493 e. The van der Waals surface area contributed by atoms with Crippen molar-refractivity contribution in [3.63, 3.8) is 0 Å². The molecule has 0 N–H and O–H groups in total. The van der Waals surface area contributed by atoms with Crippen LogP contribution >= 0.6 is 11.8 Å². The normalized spacial score (nSPS) is 13.5. The van der Waals surface area contributed by atoms with Gasteiger partial charge in [-0.3, -0.25) is 4.79 Å². The molecule has 3 rings (SSSR count). The number of hydrogen-bond donors (Lipinski definition) is 0. The lowest BCUT2D eigenvalue weighted by molar-refractivity contribution is -0.116. The van der Waals surface area contributed by atoms with Gasteiger partial charge in [0.2, 0.25) is 15.9 Å². The summed E-state index contributed by atoms with van der Waals surface area (Å²) in [5, 5.41) is 0. The van der Waals surface area contributed by atoms with Crippen LogP contribution in [0.5, 0.6) is 11.5 Å². The fraction of sp³-hybridized carbons (Fsp3) is 0.350. The number of carbonyl (C=O) groups excluding carboxylic acids is 1. The Morgan fingerprint density at radius 3 is 2.48 bits per heavy atom. The zero-order chi connectivity index (χ0) is 21.2. The van der Waals surface area contributed by atoms with Crippen molar-refractivity contribution in [3.8, 4) is 11.5 Å². The number of sulfonamides is 1. The van der Waals surface area contributed by atoms with E-state index < -0.39 is 10.0 Å². The van der Waals surface area contributed by atoms with E-state index in [0.29, 0.717) is 24.5 Å². The zero-order valence-corrected chi connectivity index (χ0v) is 18.5. The highest BCUT2D eigenvalue weighted by atomic mass is 32.2. The highest BCUT2D eigenvalue weighted by molar-refractivity contribution is 8.00. The van der Waals surface area contributed by atoms with Gasteiger partial charge in [0, 0.05) is 31.2 Å². The number of anilines is 1. The van der Waals surface area contributed by atoms with Crippen LogP contribution in [0.15, 0.2) is 46.2 Å². The van der Waals surface area contributed by atoms with E-state index in [-0.39, 0.29) is 16.6 Å². The van der Waals surface area contributed by atoms with Crippen LogP contribution in [0, 0.1) is 0 Å². The molecule has 156 valence electrons. The monoisotopic (exact) mass is 436 g/mol. The molecule has 1 amide bonds. The smallest absolute Gasteiger partial charge is 0.242 e. The van der Waals surface area contributed by atoms with Gasteiger partial charge in [0.05, 0.1) is 24.9 Å².